The van der Waals surface area contributed by atoms with Crippen molar-refractivity contribution < 1.29 is 0 Å². The normalized spacial score (nSPS) is 11.6. The highest BCUT2D eigenvalue weighted by molar-refractivity contribution is 6.28. The van der Waals surface area contributed by atoms with Gasteiger partial charge in [-0.25, -0.2) is 19.9 Å². The minimum Gasteiger partial charge on any atom is -0.309 e. The molecule has 0 atom stereocenters. The van der Waals surface area contributed by atoms with Crippen LogP contribution in [0.15, 0.2) is 237 Å². The number of imidazole rings is 1. The van der Waals surface area contributed by atoms with Gasteiger partial charge < -0.3 is 4.57 Å². The summed E-state index contributed by atoms with van der Waals surface area (Å²) in [5.74, 6) is 2.71. The molecule has 4 heterocycles. The van der Waals surface area contributed by atoms with Crippen molar-refractivity contribution in [1.29, 1.82) is 0 Å². The Balaban J connectivity index is 1.14. The van der Waals surface area contributed by atoms with Gasteiger partial charge in [0, 0.05) is 55.5 Å². The van der Waals surface area contributed by atoms with Crippen LogP contribution in [-0.2, 0) is 0 Å². The summed E-state index contributed by atoms with van der Waals surface area (Å²) < 4.78 is 7.08. The lowest BCUT2D eigenvalue weighted by molar-refractivity contribution is 1.07. The molecule has 0 aliphatic carbocycles. The van der Waals surface area contributed by atoms with Crippen LogP contribution in [-0.4, -0.2) is 33.6 Å². The average Bonchev–Trinajstić information content (AvgIpc) is 4.07. The third kappa shape index (κ3) is 6.44. The Morgan fingerprint density at radius 1 is 0.269 bits per heavy atom. The molecule has 314 valence electrons. The van der Waals surface area contributed by atoms with Crippen molar-refractivity contribution in [1.82, 2.24) is 33.6 Å². The van der Waals surface area contributed by atoms with E-state index in [0.29, 0.717) is 17.5 Å². The van der Waals surface area contributed by atoms with Crippen LogP contribution in [0.2, 0.25) is 0 Å². The second-order valence-corrected chi connectivity index (χ2v) is 16.7. The lowest BCUT2D eigenvalue weighted by atomic mass is 10.0. The maximum Gasteiger partial charge on any atom is 0.165 e. The fraction of sp³-hybridized carbons (Fsp3) is 0. The van der Waals surface area contributed by atoms with E-state index in [1.54, 1.807) is 0 Å². The molecule has 0 aliphatic heterocycles. The summed E-state index contributed by atoms with van der Waals surface area (Å²) in [6.07, 6.45) is 0. The minimum atomic E-state index is 0.594. The SMILES string of the molecule is c1ccc(-c2cc(-c3nc(-c4ccccc4)nc(-c4ccccc4)n3)cc(-n3c4ccccc4c4c5c6c(nc(-c7ccccc7)n6-c6ccccc6)n(-c6ccccc6)c5ccc43)c2)cc1. The predicted molar refractivity (Wildman–Crippen MR) is 273 cm³/mol. The fourth-order valence-electron chi connectivity index (χ4n) is 9.71. The maximum absolute atomic E-state index is 5.57. The van der Waals surface area contributed by atoms with Crippen LogP contribution in [0.5, 0.6) is 0 Å². The molecule has 0 saturated carbocycles. The second kappa shape index (κ2) is 15.8. The van der Waals surface area contributed by atoms with Crippen LogP contribution in [0.3, 0.4) is 0 Å². The molecule has 0 fully saturated rings. The molecular formula is C60H39N7. The van der Waals surface area contributed by atoms with Gasteiger partial charge in [0.05, 0.1) is 16.6 Å². The molecular weight excluding hydrogens is 819 g/mol. The topological polar surface area (TPSA) is 66.3 Å². The van der Waals surface area contributed by atoms with Crippen LogP contribution in [0.25, 0.3) is 118 Å². The highest BCUT2D eigenvalue weighted by atomic mass is 15.2. The van der Waals surface area contributed by atoms with E-state index < -0.39 is 0 Å². The van der Waals surface area contributed by atoms with Crippen LogP contribution in [0.4, 0.5) is 0 Å². The van der Waals surface area contributed by atoms with Crippen LogP contribution >= 0.6 is 0 Å². The van der Waals surface area contributed by atoms with Gasteiger partial charge in [-0.2, -0.15) is 0 Å². The highest BCUT2D eigenvalue weighted by Crippen LogP contribution is 2.45. The molecule has 7 nitrogen and oxygen atoms in total. The monoisotopic (exact) mass is 857 g/mol. The van der Waals surface area contributed by atoms with E-state index in [2.05, 4.69) is 190 Å². The number of benzene rings is 9. The van der Waals surface area contributed by atoms with E-state index in [1.807, 2.05) is 60.7 Å². The summed E-state index contributed by atoms with van der Waals surface area (Å²) in [6, 6.07) is 82.6. The van der Waals surface area contributed by atoms with Crippen molar-refractivity contribution >= 4 is 43.9 Å². The highest BCUT2D eigenvalue weighted by Gasteiger charge is 2.27. The van der Waals surface area contributed by atoms with Gasteiger partial charge in [-0.05, 0) is 71.8 Å². The summed E-state index contributed by atoms with van der Waals surface area (Å²) in [7, 11) is 0. The van der Waals surface area contributed by atoms with E-state index in [0.717, 1.165) is 100 Å². The van der Waals surface area contributed by atoms with Gasteiger partial charge in [-0.15, -0.1) is 0 Å². The Bertz CT molecular complexity index is 3880. The maximum atomic E-state index is 5.57. The van der Waals surface area contributed by atoms with Gasteiger partial charge >= 0.3 is 0 Å². The van der Waals surface area contributed by atoms with Crippen LogP contribution in [0, 0.1) is 0 Å². The molecule has 13 rings (SSSR count). The van der Waals surface area contributed by atoms with Crippen molar-refractivity contribution in [2.75, 3.05) is 0 Å². The lowest BCUT2D eigenvalue weighted by Crippen LogP contribution is -2.02. The zero-order valence-corrected chi connectivity index (χ0v) is 36.1. The van der Waals surface area contributed by atoms with Crippen LogP contribution < -0.4 is 0 Å². The average molecular weight is 858 g/mol. The number of hydrogen-bond donors (Lipinski definition) is 0. The Morgan fingerprint density at radius 2 is 0.716 bits per heavy atom. The first kappa shape index (κ1) is 38.3. The molecule has 0 unspecified atom stereocenters. The molecule has 9 aromatic carbocycles. The standard InChI is InChI=1S/C60H39N7/c1-7-21-40(22-8-1)44-37-45(58-62-56(41-23-9-2-10-24-41)61-57(63-58)42-25-11-3-12-26-42)39-48(38-44)65-50-34-20-19-33-49(50)53-51(65)35-36-52-54(53)55-60(66(52)46-29-15-5-16-30-46)64-59(43-27-13-4-14-28-43)67(55)47-31-17-6-18-32-47/h1-39H. The van der Waals surface area contributed by atoms with Gasteiger partial charge in [0.15, 0.2) is 23.1 Å². The first-order valence-corrected chi connectivity index (χ1v) is 22.5. The molecule has 13 aromatic rings. The summed E-state index contributed by atoms with van der Waals surface area (Å²) in [4.78, 5) is 21.0. The number of hydrogen-bond acceptors (Lipinski definition) is 4. The molecule has 0 spiro atoms. The van der Waals surface area contributed by atoms with Crippen molar-refractivity contribution in [3.05, 3.63) is 237 Å². The third-order valence-corrected chi connectivity index (χ3v) is 12.7. The molecule has 0 bridgehead atoms. The number of aromatic nitrogens is 7. The Labute approximate surface area is 386 Å². The quantitative estimate of drug-likeness (QED) is 0.153. The Kier molecular flexibility index (Phi) is 9.03. The van der Waals surface area contributed by atoms with E-state index >= 15 is 0 Å². The van der Waals surface area contributed by atoms with E-state index in [4.69, 9.17) is 19.9 Å². The van der Waals surface area contributed by atoms with E-state index in [1.165, 1.54) is 0 Å². The first-order valence-electron chi connectivity index (χ1n) is 22.5. The number of para-hydroxylation sites is 3. The minimum absolute atomic E-state index is 0.594. The summed E-state index contributed by atoms with van der Waals surface area (Å²) in [5.41, 5.74) is 14.2. The second-order valence-electron chi connectivity index (χ2n) is 16.7. The number of rotatable bonds is 8. The summed E-state index contributed by atoms with van der Waals surface area (Å²) in [6.45, 7) is 0. The van der Waals surface area contributed by atoms with Gasteiger partial charge in [-0.1, -0.05) is 176 Å². The van der Waals surface area contributed by atoms with Crippen LogP contribution in [0.1, 0.15) is 0 Å². The van der Waals surface area contributed by atoms with Crippen molar-refractivity contribution in [2.45, 2.75) is 0 Å². The van der Waals surface area contributed by atoms with Crippen molar-refractivity contribution in [3.8, 4) is 73.7 Å². The zero-order valence-electron chi connectivity index (χ0n) is 36.1. The third-order valence-electron chi connectivity index (χ3n) is 12.7. The van der Waals surface area contributed by atoms with Crippen molar-refractivity contribution in [2.24, 2.45) is 0 Å². The summed E-state index contributed by atoms with van der Waals surface area (Å²) >= 11 is 0. The van der Waals surface area contributed by atoms with Gasteiger partial charge in [0.2, 0.25) is 0 Å². The Hall–Kier alpha value is -9.20. The molecule has 0 N–H and O–H groups in total. The smallest absolute Gasteiger partial charge is 0.165 e. The lowest BCUT2D eigenvalue weighted by Gasteiger charge is -2.15. The number of fused-ring (bicyclic) bond motifs is 7. The van der Waals surface area contributed by atoms with Crippen molar-refractivity contribution in [3.63, 3.8) is 0 Å². The molecule has 0 saturated heterocycles. The molecule has 0 aliphatic rings. The van der Waals surface area contributed by atoms with E-state index in [9.17, 15) is 0 Å². The van der Waals surface area contributed by atoms with Gasteiger partial charge in [0.1, 0.15) is 11.3 Å². The molecule has 67 heavy (non-hydrogen) atoms. The molecule has 0 radical (unpaired) electrons. The Morgan fingerprint density at radius 3 is 1.30 bits per heavy atom. The van der Waals surface area contributed by atoms with Gasteiger partial charge in [0.25, 0.3) is 0 Å². The first-order chi connectivity index (χ1) is 33.2. The predicted octanol–water partition coefficient (Wildman–Crippen LogP) is 14.6. The zero-order chi connectivity index (χ0) is 44.3. The largest absolute Gasteiger partial charge is 0.309 e. The molecule has 4 aromatic heterocycles. The summed E-state index contributed by atoms with van der Waals surface area (Å²) in [5, 5.41) is 3.41. The number of nitrogens with zero attached hydrogens (tertiary/aromatic N) is 7. The molecule has 0 amide bonds. The fourth-order valence-corrected chi connectivity index (χ4v) is 9.71. The molecule has 7 heteroatoms. The van der Waals surface area contributed by atoms with Gasteiger partial charge in [-0.3, -0.25) is 9.13 Å². The van der Waals surface area contributed by atoms with E-state index in [-0.39, 0.29) is 0 Å².